The van der Waals surface area contributed by atoms with Gasteiger partial charge in [-0.3, -0.25) is 0 Å². The third kappa shape index (κ3) is 5.05. The smallest absolute Gasteiger partial charge is 0.0744 e. The lowest BCUT2D eigenvalue weighted by Gasteiger charge is -2.50. The van der Waals surface area contributed by atoms with Gasteiger partial charge in [-0.05, 0) is 142 Å². The number of nitrogens with zero attached hydrogens (tertiary/aromatic N) is 3. The van der Waals surface area contributed by atoms with Crippen molar-refractivity contribution in [1.29, 1.82) is 0 Å². The average molecular weight is 834 g/mol. The van der Waals surface area contributed by atoms with Gasteiger partial charge in [-0.1, -0.05) is 152 Å². The predicted molar refractivity (Wildman–Crippen MR) is 267 cm³/mol. The van der Waals surface area contributed by atoms with Crippen molar-refractivity contribution in [2.75, 3.05) is 14.7 Å². The lowest BCUT2D eigenvalue weighted by molar-refractivity contribution is 0.453. The van der Waals surface area contributed by atoms with Gasteiger partial charge in [0, 0.05) is 33.5 Å². The number of anilines is 5. The number of allylic oxidation sites excluding steroid dienone is 6. The summed E-state index contributed by atoms with van der Waals surface area (Å²) in [6.07, 6.45) is 24.0. The van der Waals surface area contributed by atoms with Gasteiger partial charge in [0.1, 0.15) is 0 Å². The summed E-state index contributed by atoms with van der Waals surface area (Å²) in [7, 11) is 0. The fourth-order valence-electron chi connectivity index (χ4n) is 14.0. The molecule has 0 radical (unpaired) electrons. The van der Waals surface area contributed by atoms with E-state index in [-0.39, 0.29) is 16.2 Å². The number of rotatable bonds is 2. The van der Waals surface area contributed by atoms with Crippen molar-refractivity contribution < 1.29 is 0 Å². The monoisotopic (exact) mass is 833 g/mol. The van der Waals surface area contributed by atoms with E-state index in [0.717, 1.165) is 25.7 Å². The molecule has 5 atom stereocenters. The molecule has 3 heterocycles. The summed E-state index contributed by atoms with van der Waals surface area (Å²) in [5.41, 5.74) is 23.4. The first-order valence-electron chi connectivity index (χ1n) is 24.1. The maximum Gasteiger partial charge on any atom is 0.0744 e. The predicted octanol–water partition coefficient (Wildman–Crippen LogP) is 14.8. The Morgan fingerprint density at radius 1 is 0.562 bits per heavy atom. The van der Waals surface area contributed by atoms with Crippen LogP contribution in [-0.4, -0.2) is 12.1 Å². The number of hydrogen-bond acceptors (Lipinski definition) is 3. The van der Waals surface area contributed by atoms with E-state index >= 15 is 0 Å². The third-order valence-electron chi connectivity index (χ3n) is 17.1. The molecule has 5 aromatic carbocycles. The molecule has 3 nitrogen and oxygen atoms in total. The van der Waals surface area contributed by atoms with Crippen LogP contribution in [0.25, 0.3) is 11.1 Å². The van der Waals surface area contributed by atoms with Crippen molar-refractivity contribution in [2.24, 2.45) is 17.8 Å². The van der Waals surface area contributed by atoms with Gasteiger partial charge in [0.15, 0.2) is 0 Å². The molecule has 5 aliphatic carbocycles. The van der Waals surface area contributed by atoms with Gasteiger partial charge >= 0.3 is 0 Å². The second-order valence-electron chi connectivity index (χ2n) is 21.6. The van der Waals surface area contributed by atoms with E-state index in [2.05, 4.69) is 215 Å². The molecule has 1 saturated heterocycles. The minimum absolute atomic E-state index is 0.167. The van der Waals surface area contributed by atoms with E-state index < -0.39 is 0 Å². The molecule has 64 heavy (non-hydrogen) atoms. The van der Waals surface area contributed by atoms with Gasteiger partial charge in [0.05, 0.1) is 40.5 Å². The Hall–Kier alpha value is -6.06. The minimum Gasteiger partial charge on any atom is -0.357 e. The molecule has 3 aliphatic heterocycles. The zero-order valence-electron chi connectivity index (χ0n) is 38.5. The summed E-state index contributed by atoms with van der Waals surface area (Å²) in [6.45, 7) is 17.5. The van der Waals surface area contributed by atoms with Crippen molar-refractivity contribution in [3.8, 4) is 11.1 Å². The van der Waals surface area contributed by atoms with Crippen LogP contribution < -0.4 is 14.7 Å². The van der Waals surface area contributed by atoms with Crippen LogP contribution in [0.2, 0.25) is 0 Å². The molecule has 0 bridgehead atoms. The topological polar surface area (TPSA) is 9.72 Å². The maximum absolute atomic E-state index is 2.81. The van der Waals surface area contributed by atoms with Gasteiger partial charge in [0.25, 0.3) is 0 Å². The highest BCUT2D eigenvalue weighted by Gasteiger charge is 2.50. The molecular formula is C61H59N3. The van der Waals surface area contributed by atoms with Gasteiger partial charge in [-0.25, -0.2) is 0 Å². The normalized spacial score (nSPS) is 26.5. The molecular weight excluding hydrogens is 775 g/mol. The maximum atomic E-state index is 2.81. The summed E-state index contributed by atoms with van der Waals surface area (Å²) in [4.78, 5) is 7.99. The van der Waals surface area contributed by atoms with Crippen LogP contribution in [0, 0.1) is 17.8 Å². The average Bonchev–Trinajstić information content (AvgIpc) is 3.37. The lowest BCUT2D eigenvalue weighted by atomic mass is 9.69. The van der Waals surface area contributed by atoms with Crippen LogP contribution >= 0.6 is 0 Å². The van der Waals surface area contributed by atoms with E-state index in [1.807, 2.05) is 0 Å². The Bertz CT molecular complexity index is 3020. The Morgan fingerprint density at radius 2 is 1.22 bits per heavy atom. The van der Waals surface area contributed by atoms with Crippen molar-refractivity contribution in [3.05, 3.63) is 208 Å². The molecule has 0 spiro atoms. The van der Waals surface area contributed by atoms with E-state index in [0.29, 0.717) is 29.8 Å². The Morgan fingerprint density at radius 3 is 1.97 bits per heavy atom. The van der Waals surface area contributed by atoms with E-state index in [1.165, 1.54) is 78.8 Å². The Balaban J connectivity index is 0.990. The zero-order valence-corrected chi connectivity index (χ0v) is 38.5. The van der Waals surface area contributed by atoms with Gasteiger partial charge in [-0.15, -0.1) is 0 Å². The molecule has 13 rings (SSSR count). The SMILES string of the molecule is CC1C=CC2=C3C(Cc4cc5c(cc4C2(C)C)-c2cc4c(cc2C5(C)C)N2C5=CCCC=C5N(c5ccccc5)c5cccc(c52)C4(C)C)CC2C=CC=CC2N(c2ccccc2)C31. The number of fused-ring (bicyclic) bond motifs is 9. The van der Waals surface area contributed by atoms with Crippen molar-refractivity contribution in [2.45, 2.75) is 102 Å². The summed E-state index contributed by atoms with van der Waals surface area (Å²) in [5.74, 6) is 1.31. The first kappa shape index (κ1) is 38.4. The van der Waals surface area contributed by atoms with E-state index in [1.54, 1.807) is 16.7 Å². The minimum atomic E-state index is -0.215. The number of benzene rings is 5. The van der Waals surface area contributed by atoms with Crippen LogP contribution in [-0.2, 0) is 22.7 Å². The molecule has 0 saturated carbocycles. The Kier molecular flexibility index (Phi) is 7.95. The molecule has 1 fully saturated rings. The first-order valence-corrected chi connectivity index (χ1v) is 24.1. The van der Waals surface area contributed by atoms with E-state index in [4.69, 9.17) is 0 Å². The molecule has 0 amide bonds. The van der Waals surface area contributed by atoms with Gasteiger partial charge < -0.3 is 14.7 Å². The molecule has 8 aliphatic rings. The van der Waals surface area contributed by atoms with Crippen molar-refractivity contribution in [3.63, 3.8) is 0 Å². The molecule has 5 unspecified atom stereocenters. The highest BCUT2D eigenvalue weighted by Crippen LogP contribution is 2.63. The molecule has 0 N–H and O–H groups in total. The number of hydrogen-bond donors (Lipinski definition) is 0. The van der Waals surface area contributed by atoms with Gasteiger partial charge in [0.2, 0.25) is 0 Å². The lowest BCUT2D eigenvalue weighted by Crippen LogP contribution is -2.49. The summed E-state index contributed by atoms with van der Waals surface area (Å²) >= 11 is 0. The summed E-state index contributed by atoms with van der Waals surface area (Å²) in [5, 5.41) is 0. The standard InChI is InChI=1S/C61H59N3/c1-37-29-30-45-56-40(31-38-19-14-15-25-51(38)63(57(37)56)42-22-12-9-13-23-42)32-39-33-48-43(34-47(39)59(45,2)3)44-35-50-55(36-49(44)61(48,6)7)64-53-27-17-16-26-52(53)62(41-20-10-8-11-21-41)54-28-18-24-46(58(54)64)60(50,4)5/h8-15,18-30,33-38,40,51,57H,16-17,31-32H2,1-7H3. The second-order valence-corrected chi connectivity index (χ2v) is 21.6. The zero-order chi connectivity index (χ0) is 43.4. The van der Waals surface area contributed by atoms with E-state index in [9.17, 15) is 0 Å². The summed E-state index contributed by atoms with van der Waals surface area (Å²) < 4.78 is 0. The Labute approximate surface area is 380 Å². The van der Waals surface area contributed by atoms with Crippen LogP contribution in [0.1, 0.15) is 101 Å². The molecule has 318 valence electrons. The highest BCUT2D eigenvalue weighted by molar-refractivity contribution is 5.99. The number of para-hydroxylation sites is 3. The summed E-state index contributed by atoms with van der Waals surface area (Å²) in [6, 6.07) is 40.6. The fraction of sp³-hybridized carbons (Fsp3) is 0.311. The third-order valence-corrected chi connectivity index (χ3v) is 17.1. The van der Waals surface area contributed by atoms with Crippen LogP contribution in [0.15, 0.2) is 174 Å². The van der Waals surface area contributed by atoms with Crippen LogP contribution in [0.3, 0.4) is 0 Å². The van der Waals surface area contributed by atoms with Crippen molar-refractivity contribution in [1.82, 2.24) is 0 Å². The van der Waals surface area contributed by atoms with Crippen LogP contribution in [0.4, 0.5) is 28.4 Å². The second kappa shape index (κ2) is 13.3. The quantitative estimate of drug-likeness (QED) is 0.175. The largest absolute Gasteiger partial charge is 0.357 e. The fourth-order valence-corrected chi connectivity index (χ4v) is 14.0. The van der Waals surface area contributed by atoms with Crippen LogP contribution in [0.5, 0.6) is 0 Å². The van der Waals surface area contributed by atoms with Crippen molar-refractivity contribution >= 4 is 28.4 Å². The highest BCUT2D eigenvalue weighted by atomic mass is 15.3. The first-order chi connectivity index (χ1) is 30.9. The molecule has 3 heteroatoms. The molecule has 5 aromatic rings. The van der Waals surface area contributed by atoms with Gasteiger partial charge in [-0.2, -0.15) is 0 Å². The molecule has 0 aromatic heterocycles.